The predicted octanol–water partition coefficient (Wildman–Crippen LogP) is 2.27. The van der Waals surface area contributed by atoms with Crippen LogP contribution in [0.15, 0.2) is 24.3 Å². The Bertz CT molecular complexity index is 426. The quantitative estimate of drug-likeness (QED) is 0.558. The molecule has 0 fully saturated rings. The summed E-state index contributed by atoms with van der Waals surface area (Å²) in [6.07, 6.45) is 1.61. The molecule has 0 heterocycles. The third-order valence-corrected chi connectivity index (χ3v) is 3.06. The van der Waals surface area contributed by atoms with E-state index < -0.39 is 5.97 Å². The molecule has 1 atom stereocenters. The van der Waals surface area contributed by atoms with Crippen LogP contribution in [0, 0.1) is 0 Å². The van der Waals surface area contributed by atoms with Gasteiger partial charge in [0.2, 0.25) is 0 Å². The van der Waals surface area contributed by atoms with E-state index >= 15 is 0 Å². The Morgan fingerprint density at radius 3 is 2.42 bits per heavy atom. The standard InChI is InChI=1S/C15H21NO3/c1-3-12-6-8-13(9-7-12)15(19)11(2)16-10-4-5-14(17)18/h6-9,11,16H,3-5,10H2,1-2H3,(H,17,18). The Balaban J connectivity index is 2.44. The van der Waals surface area contributed by atoms with Gasteiger partial charge in [-0.25, -0.2) is 0 Å². The second kappa shape index (κ2) is 7.69. The van der Waals surface area contributed by atoms with Gasteiger partial charge in [0.1, 0.15) is 0 Å². The summed E-state index contributed by atoms with van der Waals surface area (Å²) in [7, 11) is 0. The Hall–Kier alpha value is -1.68. The van der Waals surface area contributed by atoms with Crippen LogP contribution in [0.5, 0.6) is 0 Å². The van der Waals surface area contributed by atoms with Gasteiger partial charge in [0.15, 0.2) is 5.78 Å². The minimum absolute atomic E-state index is 0.0398. The molecule has 1 rings (SSSR count). The molecule has 0 amide bonds. The van der Waals surface area contributed by atoms with Crippen molar-refractivity contribution in [2.24, 2.45) is 0 Å². The first kappa shape index (κ1) is 15.4. The monoisotopic (exact) mass is 263 g/mol. The van der Waals surface area contributed by atoms with Gasteiger partial charge in [-0.3, -0.25) is 9.59 Å². The van der Waals surface area contributed by atoms with Crippen molar-refractivity contribution in [3.63, 3.8) is 0 Å². The van der Waals surface area contributed by atoms with Gasteiger partial charge in [-0.1, -0.05) is 31.2 Å². The lowest BCUT2D eigenvalue weighted by molar-refractivity contribution is -0.137. The molecule has 0 spiro atoms. The van der Waals surface area contributed by atoms with E-state index in [1.165, 1.54) is 5.56 Å². The predicted molar refractivity (Wildman–Crippen MR) is 74.5 cm³/mol. The number of hydrogen-bond donors (Lipinski definition) is 2. The van der Waals surface area contributed by atoms with Gasteiger partial charge < -0.3 is 10.4 Å². The van der Waals surface area contributed by atoms with Crippen LogP contribution in [0.25, 0.3) is 0 Å². The Morgan fingerprint density at radius 1 is 1.26 bits per heavy atom. The maximum absolute atomic E-state index is 12.1. The van der Waals surface area contributed by atoms with Crippen LogP contribution in [0.2, 0.25) is 0 Å². The molecule has 1 aromatic carbocycles. The maximum Gasteiger partial charge on any atom is 0.303 e. The van der Waals surface area contributed by atoms with Crippen LogP contribution in [0.3, 0.4) is 0 Å². The lowest BCUT2D eigenvalue weighted by Crippen LogP contribution is -2.34. The molecule has 1 unspecified atom stereocenters. The van der Waals surface area contributed by atoms with Crippen molar-refractivity contribution < 1.29 is 14.7 Å². The molecule has 0 saturated carbocycles. The molecule has 19 heavy (non-hydrogen) atoms. The molecule has 0 aliphatic rings. The van der Waals surface area contributed by atoms with Gasteiger partial charge in [-0.15, -0.1) is 0 Å². The van der Waals surface area contributed by atoms with Crippen LogP contribution in [-0.2, 0) is 11.2 Å². The van der Waals surface area contributed by atoms with Crippen molar-refractivity contribution in [2.75, 3.05) is 6.54 Å². The lowest BCUT2D eigenvalue weighted by Gasteiger charge is -2.12. The molecular weight excluding hydrogens is 242 g/mol. The number of benzene rings is 1. The number of nitrogens with one attached hydrogen (secondary N) is 1. The van der Waals surface area contributed by atoms with Crippen LogP contribution in [0.1, 0.15) is 42.6 Å². The van der Waals surface area contributed by atoms with Crippen LogP contribution >= 0.6 is 0 Å². The number of carbonyl (C=O) groups is 2. The number of aliphatic carboxylic acids is 1. The van der Waals surface area contributed by atoms with Crippen LogP contribution in [0.4, 0.5) is 0 Å². The smallest absolute Gasteiger partial charge is 0.303 e. The van der Waals surface area contributed by atoms with E-state index in [1.54, 1.807) is 6.92 Å². The summed E-state index contributed by atoms with van der Waals surface area (Å²) in [4.78, 5) is 22.5. The number of carbonyl (C=O) groups excluding carboxylic acids is 1. The number of carboxylic acid groups (broad SMARTS) is 1. The van der Waals surface area contributed by atoms with Gasteiger partial charge in [-0.2, -0.15) is 0 Å². The molecule has 4 nitrogen and oxygen atoms in total. The van der Waals surface area contributed by atoms with E-state index in [4.69, 9.17) is 5.11 Å². The van der Waals surface area contributed by atoms with E-state index in [0.29, 0.717) is 18.5 Å². The van der Waals surface area contributed by atoms with Crippen molar-refractivity contribution in [2.45, 2.75) is 39.2 Å². The number of rotatable bonds is 8. The van der Waals surface area contributed by atoms with Crippen molar-refractivity contribution in [3.8, 4) is 0 Å². The topological polar surface area (TPSA) is 66.4 Å². The molecule has 0 radical (unpaired) electrons. The normalized spacial score (nSPS) is 12.1. The molecule has 1 aromatic rings. The highest BCUT2D eigenvalue weighted by molar-refractivity contribution is 5.99. The summed E-state index contributed by atoms with van der Waals surface area (Å²) >= 11 is 0. The number of carboxylic acids is 1. The maximum atomic E-state index is 12.1. The third kappa shape index (κ3) is 5.22. The average Bonchev–Trinajstić information content (AvgIpc) is 2.42. The summed E-state index contributed by atoms with van der Waals surface area (Å²) < 4.78 is 0. The zero-order chi connectivity index (χ0) is 14.3. The summed E-state index contributed by atoms with van der Waals surface area (Å²) in [5.41, 5.74) is 1.90. The molecule has 104 valence electrons. The minimum atomic E-state index is -0.809. The molecule has 0 bridgehead atoms. The molecule has 2 N–H and O–H groups in total. The first-order valence-electron chi connectivity index (χ1n) is 6.63. The van der Waals surface area contributed by atoms with Gasteiger partial charge in [-0.05, 0) is 31.9 Å². The van der Waals surface area contributed by atoms with Gasteiger partial charge in [0.25, 0.3) is 0 Å². The van der Waals surface area contributed by atoms with Gasteiger partial charge >= 0.3 is 5.97 Å². The van der Waals surface area contributed by atoms with Gasteiger partial charge in [0.05, 0.1) is 6.04 Å². The van der Waals surface area contributed by atoms with Crippen LogP contribution in [-0.4, -0.2) is 29.4 Å². The highest BCUT2D eigenvalue weighted by atomic mass is 16.4. The summed E-state index contributed by atoms with van der Waals surface area (Å²) in [6.45, 7) is 4.41. The van der Waals surface area contributed by atoms with Crippen molar-refractivity contribution in [1.82, 2.24) is 5.32 Å². The number of hydrogen-bond acceptors (Lipinski definition) is 3. The van der Waals surface area contributed by atoms with Crippen molar-refractivity contribution in [3.05, 3.63) is 35.4 Å². The highest BCUT2D eigenvalue weighted by Crippen LogP contribution is 2.07. The number of ketones is 1. The van der Waals surface area contributed by atoms with E-state index in [9.17, 15) is 9.59 Å². The SMILES string of the molecule is CCc1ccc(C(=O)C(C)NCCCC(=O)O)cc1. The fraction of sp³-hybridized carbons (Fsp3) is 0.467. The zero-order valence-electron chi connectivity index (χ0n) is 11.5. The average molecular weight is 263 g/mol. The van der Waals surface area contributed by atoms with E-state index in [2.05, 4.69) is 12.2 Å². The summed E-state index contributed by atoms with van der Waals surface area (Å²) in [5, 5.41) is 11.6. The first-order valence-corrected chi connectivity index (χ1v) is 6.63. The molecule has 0 aliphatic carbocycles. The lowest BCUT2D eigenvalue weighted by atomic mass is 10.0. The fourth-order valence-corrected chi connectivity index (χ4v) is 1.81. The Labute approximate surface area is 113 Å². The molecular formula is C15H21NO3. The van der Waals surface area contributed by atoms with Crippen molar-refractivity contribution in [1.29, 1.82) is 0 Å². The highest BCUT2D eigenvalue weighted by Gasteiger charge is 2.14. The number of aryl methyl sites for hydroxylation is 1. The Morgan fingerprint density at radius 2 is 1.89 bits per heavy atom. The first-order chi connectivity index (χ1) is 9.04. The minimum Gasteiger partial charge on any atom is -0.481 e. The largest absolute Gasteiger partial charge is 0.481 e. The molecule has 0 saturated heterocycles. The van der Waals surface area contributed by atoms with Crippen molar-refractivity contribution >= 4 is 11.8 Å². The Kier molecular flexibility index (Phi) is 6.22. The zero-order valence-corrected chi connectivity index (χ0v) is 11.5. The summed E-state index contributed by atoms with van der Waals surface area (Å²) in [6, 6.07) is 7.32. The van der Waals surface area contributed by atoms with E-state index in [0.717, 1.165) is 6.42 Å². The number of Topliss-reactive ketones (excluding diaryl/α,β-unsaturated/α-hetero) is 1. The third-order valence-electron chi connectivity index (χ3n) is 3.06. The summed E-state index contributed by atoms with van der Waals surface area (Å²) in [5.74, 6) is -0.770. The second-order valence-electron chi connectivity index (χ2n) is 4.59. The van der Waals surface area contributed by atoms with Gasteiger partial charge in [0, 0.05) is 12.0 Å². The molecule has 4 heteroatoms. The molecule has 0 aliphatic heterocycles. The second-order valence-corrected chi connectivity index (χ2v) is 4.59. The van der Waals surface area contributed by atoms with Crippen LogP contribution < -0.4 is 5.32 Å². The fourth-order valence-electron chi connectivity index (χ4n) is 1.81. The molecule has 0 aromatic heterocycles. The van der Waals surface area contributed by atoms with E-state index in [1.807, 2.05) is 24.3 Å². The van der Waals surface area contributed by atoms with E-state index in [-0.39, 0.29) is 18.2 Å².